The van der Waals surface area contributed by atoms with Gasteiger partial charge in [0.25, 0.3) is 0 Å². The first-order valence-electron chi connectivity index (χ1n) is 11.5. The van der Waals surface area contributed by atoms with Gasteiger partial charge in [0.15, 0.2) is 0 Å². The van der Waals surface area contributed by atoms with E-state index in [0.717, 1.165) is 23.5 Å². The highest BCUT2D eigenvalue weighted by Crippen LogP contribution is 2.32. The first-order chi connectivity index (χ1) is 17.4. The largest absolute Gasteiger partial charge is 0.433 e. The number of aromatic nitrogens is 3. The molecular weight excluding hydrogens is 477 g/mol. The number of halogens is 3. The smallest absolute Gasteiger partial charge is 0.395 e. The summed E-state index contributed by atoms with van der Waals surface area (Å²) in [6.07, 6.45) is -3.52. The van der Waals surface area contributed by atoms with Gasteiger partial charge in [-0.2, -0.15) is 13.2 Å². The van der Waals surface area contributed by atoms with Crippen molar-refractivity contribution in [2.45, 2.75) is 6.18 Å². The maximum Gasteiger partial charge on any atom is 0.433 e. The fourth-order valence-corrected chi connectivity index (χ4v) is 3.88. The van der Waals surface area contributed by atoms with Gasteiger partial charge in [0.2, 0.25) is 5.95 Å². The molecule has 1 aromatic carbocycles. The van der Waals surface area contributed by atoms with Crippen LogP contribution in [0.4, 0.5) is 36.3 Å². The molecule has 0 bridgehead atoms. The Bertz CT molecular complexity index is 1150. The lowest BCUT2D eigenvalue weighted by molar-refractivity contribution is -0.141. The monoisotopic (exact) mass is 504 g/mol. The highest BCUT2D eigenvalue weighted by atomic mass is 19.4. The molecule has 0 amide bonds. The van der Waals surface area contributed by atoms with Gasteiger partial charge >= 0.3 is 6.18 Å². The number of nitrogens with one attached hydrogen (secondary N) is 1. The number of morpholine rings is 1. The van der Waals surface area contributed by atoms with Crippen LogP contribution < -0.4 is 15.1 Å². The number of ether oxygens (including phenoxy) is 1. The average molecular weight is 505 g/mol. The second-order valence-corrected chi connectivity index (χ2v) is 8.07. The molecule has 3 aromatic rings. The Balaban J connectivity index is 1.72. The molecule has 12 heteroatoms. The van der Waals surface area contributed by atoms with Crippen LogP contribution in [0.1, 0.15) is 5.69 Å². The molecular formula is C24H27F3N6O3. The highest BCUT2D eigenvalue weighted by molar-refractivity contribution is 5.75. The third-order valence-electron chi connectivity index (χ3n) is 5.59. The normalized spacial score (nSPS) is 14.1. The van der Waals surface area contributed by atoms with E-state index in [4.69, 9.17) is 9.72 Å². The molecule has 3 N–H and O–H groups in total. The van der Waals surface area contributed by atoms with E-state index in [1.807, 2.05) is 24.3 Å². The second-order valence-electron chi connectivity index (χ2n) is 8.07. The van der Waals surface area contributed by atoms with Crippen LogP contribution in [0.2, 0.25) is 0 Å². The number of nitrogens with zero attached hydrogens (tertiary/aromatic N) is 5. The van der Waals surface area contributed by atoms with E-state index >= 15 is 0 Å². The molecule has 0 aliphatic carbocycles. The average Bonchev–Trinajstić information content (AvgIpc) is 2.89. The summed E-state index contributed by atoms with van der Waals surface area (Å²) in [6, 6.07) is 11.8. The molecule has 0 atom stereocenters. The van der Waals surface area contributed by atoms with Gasteiger partial charge < -0.3 is 30.1 Å². The van der Waals surface area contributed by atoms with Crippen molar-refractivity contribution in [3.63, 3.8) is 0 Å². The van der Waals surface area contributed by atoms with E-state index in [1.165, 1.54) is 0 Å². The predicted molar refractivity (Wildman–Crippen MR) is 129 cm³/mol. The minimum Gasteiger partial charge on any atom is -0.395 e. The quantitative estimate of drug-likeness (QED) is 0.406. The Hall–Kier alpha value is -3.48. The molecule has 1 saturated heterocycles. The summed E-state index contributed by atoms with van der Waals surface area (Å²) in [5.41, 5.74) is 1.66. The Kier molecular flexibility index (Phi) is 8.18. The van der Waals surface area contributed by atoms with Crippen molar-refractivity contribution in [2.75, 3.05) is 67.7 Å². The maximum atomic E-state index is 13.1. The van der Waals surface area contributed by atoms with Gasteiger partial charge in [-0.1, -0.05) is 6.07 Å². The molecule has 1 aliphatic heterocycles. The number of alkyl halides is 3. The van der Waals surface area contributed by atoms with Crippen molar-refractivity contribution in [1.29, 1.82) is 0 Å². The van der Waals surface area contributed by atoms with Gasteiger partial charge in [-0.3, -0.25) is 0 Å². The lowest BCUT2D eigenvalue weighted by Gasteiger charge is -2.29. The molecule has 2 aromatic heterocycles. The van der Waals surface area contributed by atoms with E-state index in [-0.39, 0.29) is 19.2 Å². The molecule has 4 rings (SSSR count). The zero-order valence-corrected chi connectivity index (χ0v) is 19.4. The zero-order valence-electron chi connectivity index (χ0n) is 19.4. The minimum absolute atomic E-state index is 0.0938. The summed E-state index contributed by atoms with van der Waals surface area (Å²) >= 11 is 0. The summed E-state index contributed by atoms with van der Waals surface area (Å²) in [6.45, 7) is 2.89. The molecule has 1 aliphatic rings. The molecule has 192 valence electrons. The van der Waals surface area contributed by atoms with Crippen LogP contribution in [0, 0.1) is 0 Å². The van der Waals surface area contributed by atoms with Crippen LogP contribution in [-0.4, -0.2) is 77.8 Å². The maximum absolute atomic E-state index is 13.1. The van der Waals surface area contributed by atoms with Gasteiger partial charge in [0.1, 0.15) is 11.5 Å². The van der Waals surface area contributed by atoms with Gasteiger partial charge in [-0.05, 0) is 36.4 Å². The highest BCUT2D eigenvalue weighted by Gasteiger charge is 2.32. The number of benzene rings is 1. The summed E-state index contributed by atoms with van der Waals surface area (Å²) in [5, 5.41) is 21.7. The number of aliphatic hydroxyl groups is 2. The summed E-state index contributed by atoms with van der Waals surface area (Å²) < 4.78 is 44.8. The second kappa shape index (κ2) is 11.5. The summed E-state index contributed by atoms with van der Waals surface area (Å²) in [4.78, 5) is 16.2. The van der Waals surface area contributed by atoms with Crippen LogP contribution >= 0.6 is 0 Å². The SMILES string of the molecule is OCCN(CCO)c1cccc(-c2cc(Nc3nccc(C(F)(F)F)n3)cc(N3CCOCC3)c2)n1. The third-order valence-corrected chi connectivity index (χ3v) is 5.59. The number of aliphatic hydroxyl groups excluding tert-OH is 2. The van der Waals surface area contributed by atoms with E-state index < -0.39 is 11.9 Å². The molecule has 1 fully saturated rings. The van der Waals surface area contributed by atoms with Gasteiger partial charge in [-0.15, -0.1) is 0 Å². The molecule has 3 heterocycles. The van der Waals surface area contributed by atoms with Crippen LogP contribution in [0.5, 0.6) is 0 Å². The fourth-order valence-electron chi connectivity index (χ4n) is 3.88. The number of pyridine rings is 1. The Morgan fingerprint density at radius 1 is 1.00 bits per heavy atom. The van der Waals surface area contributed by atoms with Crippen molar-refractivity contribution in [3.8, 4) is 11.3 Å². The van der Waals surface area contributed by atoms with E-state index in [1.54, 1.807) is 17.0 Å². The van der Waals surface area contributed by atoms with Crippen LogP contribution in [0.15, 0.2) is 48.7 Å². The Labute approximate surface area is 206 Å². The predicted octanol–water partition coefficient (Wildman–Crippen LogP) is 2.93. The van der Waals surface area contributed by atoms with Crippen molar-refractivity contribution >= 4 is 23.1 Å². The van der Waals surface area contributed by atoms with Gasteiger partial charge in [0, 0.05) is 49.3 Å². The number of hydrogen-bond donors (Lipinski definition) is 3. The lowest BCUT2D eigenvalue weighted by atomic mass is 10.1. The van der Waals surface area contributed by atoms with Gasteiger partial charge in [-0.25, -0.2) is 15.0 Å². The number of rotatable bonds is 9. The van der Waals surface area contributed by atoms with Crippen molar-refractivity contribution in [1.82, 2.24) is 15.0 Å². The number of hydrogen-bond acceptors (Lipinski definition) is 9. The molecule has 0 radical (unpaired) electrons. The van der Waals surface area contributed by atoms with E-state index in [2.05, 4.69) is 20.2 Å². The first kappa shape index (κ1) is 25.6. The van der Waals surface area contributed by atoms with Crippen molar-refractivity contribution in [2.24, 2.45) is 0 Å². The van der Waals surface area contributed by atoms with Gasteiger partial charge in [0.05, 0.1) is 32.1 Å². The third kappa shape index (κ3) is 6.39. The van der Waals surface area contributed by atoms with E-state index in [9.17, 15) is 23.4 Å². The topological polar surface area (TPSA) is 107 Å². The molecule has 0 spiro atoms. The van der Waals surface area contributed by atoms with Crippen LogP contribution in [-0.2, 0) is 10.9 Å². The summed E-state index contributed by atoms with van der Waals surface area (Å²) in [5.74, 6) is 0.414. The van der Waals surface area contributed by atoms with Crippen molar-refractivity contribution < 1.29 is 28.1 Å². The standard InChI is InChI=1S/C24H27F3N6O3/c25-24(26,27)21-4-5-28-23(31-21)29-18-14-17(15-19(16-18)32-8-12-36-13-9-32)20-2-1-3-22(30-20)33(6-10-34)7-11-35/h1-5,14-16,34-35H,6-13H2,(H,28,29,31). The zero-order chi connectivity index (χ0) is 25.5. The molecule has 36 heavy (non-hydrogen) atoms. The fraction of sp³-hybridized carbons (Fsp3) is 0.375. The molecule has 0 saturated carbocycles. The Morgan fingerprint density at radius 3 is 2.44 bits per heavy atom. The molecule has 0 unspecified atom stereocenters. The molecule has 9 nitrogen and oxygen atoms in total. The first-order valence-corrected chi connectivity index (χ1v) is 11.5. The number of anilines is 4. The van der Waals surface area contributed by atoms with Crippen LogP contribution in [0.3, 0.4) is 0 Å². The minimum atomic E-state index is -4.58. The Morgan fingerprint density at radius 2 is 1.75 bits per heavy atom. The van der Waals surface area contributed by atoms with Crippen molar-refractivity contribution in [3.05, 3.63) is 54.4 Å². The van der Waals surface area contributed by atoms with Crippen LogP contribution in [0.25, 0.3) is 11.3 Å². The summed E-state index contributed by atoms with van der Waals surface area (Å²) in [7, 11) is 0. The van der Waals surface area contributed by atoms with E-state index in [0.29, 0.717) is 56.6 Å². The lowest BCUT2D eigenvalue weighted by Crippen LogP contribution is -2.36.